The zero-order valence-electron chi connectivity index (χ0n) is 16.1. The van der Waals surface area contributed by atoms with Crippen LogP contribution in [-0.2, 0) is 0 Å². The Morgan fingerprint density at radius 3 is 2.80 bits per heavy atom. The Kier molecular flexibility index (Phi) is 5.37. The average Bonchev–Trinajstić information content (AvgIpc) is 3.12. The lowest BCUT2D eigenvalue weighted by molar-refractivity contribution is -0.274. The van der Waals surface area contributed by atoms with E-state index in [2.05, 4.69) is 35.3 Å². The number of hydrogen-bond donors (Lipinski definition) is 4. The van der Waals surface area contributed by atoms with Crippen LogP contribution in [0.2, 0.25) is 0 Å². The van der Waals surface area contributed by atoms with Gasteiger partial charge in [0, 0.05) is 11.7 Å². The monoisotopic (exact) mass is 422 g/mol. The highest BCUT2D eigenvalue weighted by Gasteiger charge is 2.31. The van der Waals surface area contributed by atoms with Crippen molar-refractivity contribution in [1.82, 2.24) is 19.9 Å². The maximum absolute atomic E-state index is 12.4. The lowest BCUT2D eigenvalue weighted by atomic mass is 9.93. The van der Waals surface area contributed by atoms with Gasteiger partial charge in [-0.05, 0) is 56.4 Å². The molecule has 4 rings (SSSR count). The summed E-state index contributed by atoms with van der Waals surface area (Å²) in [6, 6.07) is 4.05. The smallest absolute Gasteiger partial charge is 0.406 e. The number of nitrogens with one attached hydrogen (secondary N) is 3. The average molecular weight is 422 g/mol. The van der Waals surface area contributed by atoms with E-state index in [1.54, 1.807) is 6.92 Å². The summed E-state index contributed by atoms with van der Waals surface area (Å²) in [5, 5.41) is 16.3. The quantitative estimate of drug-likeness (QED) is 0.492. The number of alkyl halides is 3. The molecule has 1 aromatic carbocycles. The summed E-state index contributed by atoms with van der Waals surface area (Å²) in [7, 11) is 0. The van der Waals surface area contributed by atoms with Crippen molar-refractivity contribution in [3.8, 4) is 5.75 Å². The van der Waals surface area contributed by atoms with Crippen LogP contribution in [-0.4, -0.2) is 43.6 Å². The summed E-state index contributed by atoms with van der Waals surface area (Å²) in [6.07, 6.45) is -0.315. The Hall–Kier alpha value is -3.08. The minimum absolute atomic E-state index is 0.0727. The van der Waals surface area contributed by atoms with E-state index in [9.17, 15) is 18.3 Å². The van der Waals surface area contributed by atoms with Crippen molar-refractivity contribution in [3.05, 3.63) is 30.1 Å². The molecule has 1 fully saturated rings. The van der Waals surface area contributed by atoms with E-state index in [0.717, 1.165) is 19.3 Å². The maximum Gasteiger partial charge on any atom is 0.573 e. The molecule has 160 valence electrons. The van der Waals surface area contributed by atoms with Crippen molar-refractivity contribution in [2.24, 2.45) is 0 Å². The van der Waals surface area contributed by atoms with Gasteiger partial charge < -0.3 is 25.5 Å². The van der Waals surface area contributed by atoms with E-state index in [0.29, 0.717) is 34.7 Å². The Labute approximate surface area is 169 Å². The Bertz CT molecular complexity index is 1040. The SMILES string of the molecule is Cc1cc(OC(F)(F)F)ccc1Nc1nc(NC2CCCC(O)C2)c2[nH]cnc2n1. The molecule has 0 aliphatic heterocycles. The third-order valence-electron chi connectivity index (χ3n) is 4.95. The highest BCUT2D eigenvalue weighted by Crippen LogP contribution is 2.29. The lowest BCUT2D eigenvalue weighted by Crippen LogP contribution is -2.30. The van der Waals surface area contributed by atoms with E-state index in [1.807, 2.05) is 0 Å². The van der Waals surface area contributed by atoms with Crippen LogP contribution in [0.1, 0.15) is 31.2 Å². The number of anilines is 3. The molecule has 2 heterocycles. The summed E-state index contributed by atoms with van der Waals surface area (Å²) < 4.78 is 41.2. The van der Waals surface area contributed by atoms with Crippen molar-refractivity contribution in [2.75, 3.05) is 10.6 Å². The fourth-order valence-corrected chi connectivity index (χ4v) is 3.58. The summed E-state index contributed by atoms with van der Waals surface area (Å²) >= 11 is 0. The number of aliphatic hydroxyl groups is 1. The minimum atomic E-state index is -4.75. The van der Waals surface area contributed by atoms with Gasteiger partial charge in [0.25, 0.3) is 0 Å². The molecule has 1 aliphatic rings. The number of aromatic amines is 1. The zero-order chi connectivity index (χ0) is 21.3. The molecule has 8 nitrogen and oxygen atoms in total. The first-order valence-electron chi connectivity index (χ1n) is 9.56. The number of aliphatic hydroxyl groups excluding tert-OH is 1. The van der Waals surface area contributed by atoms with E-state index < -0.39 is 6.36 Å². The van der Waals surface area contributed by atoms with Gasteiger partial charge in [0.2, 0.25) is 5.95 Å². The van der Waals surface area contributed by atoms with Gasteiger partial charge >= 0.3 is 6.36 Å². The summed E-state index contributed by atoms with van der Waals surface area (Å²) in [5.41, 5.74) is 2.16. The number of fused-ring (bicyclic) bond motifs is 1. The van der Waals surface area contributed by atoms with Crippen LogP contribution in [0.4, 0.5) is 30.6 Å². The molecule has 0 bridgehead atoms. The van der Waals surface area contributed by atoms with Crippen LogP contribution in [0, 0.1) is 6.92 Å². The highest BCUT2D eigenvalue weighted by atomic mass is 19.4. The predicted octanol–water partition coefficient (Wildman–Crippen LogP) is 4.02. The number of hydrogen-bond acceptors (Lipinski definition) is 7. The zero-order valence-corrected chi connectivity index (χ0v) is 16.1. The number of rotatable bonds is 5. The predicted molar refractivity (Wildman–Crippen MR) is 105 cm³/mol. The van der Waals surface area contributed by atoms with Gasteiger partial charge in [-0.3, -0.25) is 0 Å². The van der Waals surface area contributed by atoms with E-state index >= 15 is 0 Å². The van der Waals surface area contributed by atoms with E-state index in [-0.39, 0.29) is 23.8 Å². The fraction of sp³-hybridized carbons (Fsp3) is 0.421. The molecule has 0 spiro atoms. The van der Waals surface area contributed by atoms with Gasteiger partial charge in [-0.2, -0.15) is 9.97 Å². The third-order valence-corrected chi connectivity index (χ3v) is 4.95. The minimum Gasteiger partial charge on any atom is -0.406 e. The van der Waals surface area contributed by atoms with Crippen LogP contribution in [0.5, 0.6) is 5.75 Å². The normalized spacial score (nSPS) is 19.6. The first-order chi connectivity index (χ1) is 14.3. The molecule has 2 unspecified atom stereocenters. The van der Waals surface area contributed by atoms with Gasteiger partial charge in [-0.15, -0.1) is 13.2 Å². The van der Waals surface area contributed by atoms with Gasteiger partial charge in [0.15, 0.2) is 11.5 Å². The number of imidazole rings is 1. The molecule has 11 heteroatoms. The molecule has 3 aromatic rings. The number of ether oxygens (including phenoxy) is 1. The first kappa shape index (κ1) is 20.2. The van der Waals surface area contributed by atoms with Gasteiger partial charge in [0.1, 0.15) is 11.3 Å². The Balaban J connectivity index is 1.57. The maximum atomic E-state index is 12.4. The molecule has 1 saturated carbocycles. The molecule has 1 aliphatic carbocycles. The second kappa shape index (κ2) is 7.98. The molecule has 30 heavy (non-hydrogen) atoms. The van der Waals surface area contributed by atoms with E-state index in [4.69, 9.17) is 0 Å². The highest BCUT2D eigenvalue weighted by molar-refractivity contribution is 5.84. The molecule has 4 N–H and O–H groups in total. The van der Waals surface area contributed by atoms with Crippen molar-refractivity contribution < 1.29 is 23.0 Å². The van der Waals surface area contributed by atoms with Crippen LogP contribution in [0.15, 0.2) is 24.5 Å². The van der Waals surface area contributed by atoms with Gasteiger partial charge in [-0.1, -0.05) is 0 Å². The van der Waals surface area contributed by atoms with Crippen LogP contribution in [0.3, 0.4) is 0 Å². The number of aryl methyl sites for hydroxylation is 1. The molecule has 2 atom stereocenters. The summed E-state index contributed by atoms with van der Waals surface area (Å²) in [4.78, 5) is 16.1. The second-order valence-electron chi connectivity index (χ2n) is 7.31. The van der Waals surface area contributed by atoms with Crippen molar-refractivity contribution in [3.63, 3.8) is 0 Å². The Morgan fingerprint density at radius 1 is 1.23 bits per heavy atom. The molecule has 0 amide bonds. The van der Waals surface area contributed by atoms with Crippen LogP contribution >= 0.6 is 0 Å². The number of nitrogens with zero attached hydrogens (tertiary/aromatic N) is 3. The molecule has 0 radical (unpaired) electrons. The van der Waals surface area contributed by atoms with Crippen molar-refractivity contribution in [2.45, 2.75) is 51.1 Å². The van der Waals surface area contributed by atoms with Crippen molar-refractivity contribution in [1.29, 1.82) is 0 Å². The largest absolute Gasteiger partial charge is 0.573 e. The third kappa shape index (κ3) is 4.73. The van der Waals surface area contributed by atoms with Crippen LogP contribution in [0.25, 0.3) is 11.2 Å². The van der Waals surface area contributed by atoms with Crippen LogP contribution < -0.4 is 15.4 Å². The number of H-pyrrole nitrogens is 1. The standard InChI is InChI=1S/C19H21F3N6O2/c1-10-7-13(30-19(20,21)22)5-6-14(10)26-18-27-16-15(23-9-24-16)17(28-18)25-11-3-2-4-12(29)8-11/h5-7,9,11-12,29H,2-4,8H2,1H3,(H3,23,24,25,26,27,28). The molecular weight excluding hydrogens is 401 g/mol. The lowest BCUT2D eigenvalue weighted by Gasteiger charge is -2.27. The number of halogens is 3. The summed E-state index contributed by atoms with van der Waals surface area (Å²) in [5.74, 6) is 0.502. The molecule has 2 aromatic heterocycles. The van der Waals surface area contributed by atoms with Crippen molar-refractivity contribution >= 4 is 28.6 Å². The molecular formula is C19H21F3N6O2. The number of aromatic nitrogens is 4. The number of benzene rings is 1. The summed E-state index contributed by atoms with van der Waals surface area (Å²) in [6.45, 7) is 1.65. The van der Waals surface area contributed by atoms with Gasteiger partial charge in [0.05, 0.1) is 12.4 Å². The first-order valence-corrected chi connectivity index (χ1v) is 9.56. The van der Waals surface area contributed by atoms with E-state index in [1.165, 1.54) is 24.5 Å². The fourth-order valence-electron chi connectivity index (χ4n) is 3.58. The van der Waals surface area contributed by atoms with Gasteiger partial charge in [-0.25, -0.2) is 4.98 Å². The Morgan fingerprint density at radius 2 is 2.07 bits per heavy atom. The molecule has 0 saturated heterocycles. The topological polar surface area (TPSA) is 108 Å². The second-order valence-corrected chi connectivity index (χ2v) is 7.31.